The van der Waals surface area contributed by atoms with Crippen LogP contribution in [0.4, 0.5) is 0 Å². The van der Waals surface area contributed by atoms with Crippen LogP contribution >= 0.6 is 0 Å². The summed E-state index contributed by atoms with van der Waals surface area (Å²) in [5, 5.41) is 0. The van der Waals surface area contributed by atoms with Gasteiger partial charge in [0.1, 0.15) is 0 Å². The van der Waals surface area contributed by atoms with Crippen LogP contribution in [0, 0.1) is 0 Å². The third kappa shape index (κ3) is 3.94. The number of Topliss-reactive ketones (excluding diaryl/α,β-unsaturated/α-hetero) is 1. The molecule has 2 N–H and O–H groups in total. The predicted octanol–water partition coefficient (Wildman–Crippen LogP) is 3.19. The van der Waals surface area contributed by atoms with Crippen molar-refractivity contribution >= 4 is 5.78 Å². The summed E-state index contributed by atoms with van der Waals surface area (Å²) in [4.78, 5) is 11.7. The second kappa shape index (κ2) is 6.26. The minimum Gasteiger partial charge on any atom is -0.319 e. The molecule has 15 heavy (non-hydrogen) atoms. The highest BCUT2D eigenvalue weighted by Crippen LogP contribution is 2.31. The molecule has 0 aromatic rings. The zero-order valence-corrected chi connectivity index (χ0v) is 10.1. The lowest BCUT2D eigenvalue weighted by molar-refractivity contribution is -0.127. The Balaban J connectivity index is 1.97. The molecule has 0 aromatic carbocycles. The molecule has 1 saturated carbocycles. The van der Waals surface area contributed by atoms with Crippen molar-refractivity contribution in [1.29, 1.82) is 0 Å². The molecule has 0 radical (unpaired) electrons. The third-order valence-corrected chi connectivity index (χ3v) is 3.56. The Morgan fingerprint density at radius 2 is 1.73 bits per heavy atom. The van der Waals surface area contributed by atoms with E-state index in [2.05, 4.69) is 6.92 Å². The van der Waals surface area contributed by atoms with Crippen molar-refractivity contribution in [1.82, 2.24) is 0 Å². The molecule has 1 aliphatic rings. The van der Waals surface area contributed by atoms with E-state index in [1.807, 2.05) is 0 Å². The average Bonchev–Trinajstić information content (AvgIpc) is 2.19. The Labute approximate surface area is 93.6 Å². The molecule has 1 aliphatic carbocycles. The molecule has 0 aliphatic heterocycles. The maximum Gasteiger partial charge on any atom is 0.152 e. The van der Waals surface area contributed by atoms with Crippen molar-refractivity contribution in [3.8, 4) is 0 Å². The highest BCUT2D eigenvalue weighted by atomic mass is 16.1. The normalized spacial score (nSPS) is 18.5. The van der Waals surface area contributed by atoms with Crippen LogP contribution < -0.4 is 5.73 Å². The van der Waals surface area contributed by atoms with Crippen LogP contribution in [0.2, 0.25) is 0 Å². The van der Waals surface area contributed by atoms with E-state index in [4.69, 9.17) is 5.73 Å². The molecule has 88 valence electrons. The van der Waals surface area contributed by atoms with Gasteiger partial charge in [-0.2, -0.15) is 0 Å². The van der Waals surface area contributed by atoms with Crippen LogP contribution in [0.3, 0.4) is 0 Å². The van der Waals surface area contributed by atoms with Gasteiger partial charge in [0, 0.05) is 6.42 Å². The minimum absolute atomic E-state index is 0.309. The third-order valence-electron chi connectivity index (χ3n) is 3.56. The molecule has 0 unspecified atom stereocenters. The van der Waals surface area contributed by atoms with Crippen LogP contribution in [-0.2, 0) is 4.79 Å². The van der Waals surface area contributed by atoms with E-state index in [1.165, 1.54) is 32.1 Å². The van der Waals surface area contributed by atoms with Crippen molar-refractivity contribution in [2.45, 2.75) is 76.7 Å². The summed E-state index contributed by atoms with van der Waals surface area (Å²) in [5.41, 5.74) is 5.55. The van der Waals surface area contributed by atoms with E-state index < -0.39 is 5.54 Å². The summed E-state index contributed by atoms with van der Waals surface area (Å²) in [6.07, 6.45) is 11.1. The number of unbranched alkanes of at least 4 members (excludes halogenated alkanes) is 5. The Morgan fingerprint density at radius 1 is 1.13 bits per heavy atom. The number of rotatable bonds is 8. The van der Waals surface area contributed by atoms with Crippen LogP contribution in [0.1, 0.15) is 71.1 Å². The van der Waals surface area contributed by atoms with Crippen LogP contribution in [0.15, 0.2) is 0 Å². The highest BCUT2D eigenvalue weighted by Gasteiger charge is 2.38. The largest absolute Gasteiger partial charge is 0.319 e. The topological polar surface area (TPSA) is 43.1 Å². The lowest BCUT2D eigenvalue weighted by atomic mass is 9.73. The summed E-state index contributed by atoms with van der Waals surface area (Å²) in [6, 6.07) is 0. The molecule has 0 heterocycles. The summed E-state index contributed by atoms with van der Waals surface area (Å²) in [7, 11) is 0. The second-order valence-electron chi connectivity index (χ2n) is 4.95. The monoisotopic (exact) mass is 211 g/mol. The number of carbonyl (C=O) groups excluding carboxylic acids is 1. The molecular weight excluding hydrogens is 186 g/mol. The Morgan fingerprint density at radius 3 is 2.27 bits per heavy atom. The van der Waals surface area contributed by atoms with Crippen molar-refractivity contribution in [2.24, 2.45) is 5.73 Å². The number of hydrogen-bond acceptors (Lipinski definition) is 2. The minimum atomic E-state index is -0.413. The Bertz CT molecular complexity index is 197. The van der Waals surface area contributed by atoms with Gasteiger partial charge in [0.15, 0.2) is 5.78 Å². The SMILES string of the molecule is CCCCCCCCC(=O)C1(N)CCC1. The summed E-state index contributed by atoms with van der Waals surface area (Å²) < 4.78 is 0. The number of nitrogens with two attached hydrogens (primary N) is 1. The molecular formula is C13H25NO. The van der Waals surface area contributed by atoms with Crippen molar-refractivity contribution < 1.29 is 4.79 Å². The van der Waals surface area contributed by atoms with Gasteiger partial charge in [0.2, 0.25) is 0 Å². The second-order valence-corrected chi connectivity index (χ2v) is 4.95. The zero-order valence-electron chi connectivity index (χ0n) is 10.1. The fraction of sp³-hybridized carbons (Fsp3) is 0.923. The van der Waals surface area contributed by atoms with Gasteiger partial charge < -0.3 is 5.73 Å². The first kappa shape index (κ1) is 12.7. The molecule has 0 amide bonds. The fourth-order valence-corrected chi connectivity index (χ4v) is 2.15. The van der Waals surface area contributed by atoms with Gasteiger partial charge in [-0.3, -0.25) is 4.79 Å². The smallest absolute Gasteiger partial charge is 0.152 e. The van der Waals surface area contributed by atoms with E-state index in [-0.39, 0.29) is 0 Å². The van der Waals surface area contributed by atoms with Gasteiger partial charge >= 0.3 is 0 Å². The van der Waals surface area contributed by atoms with Gasteiger partial charge in [-0.05, 0) is 25.7 Å². The van der Waals surface area contributed by atoms with E-state index >= 15 is 0 Å². The summed E-state index contributed by atoms with van der Waals surface area (Å²) >= 11 is 0. The van der Waals surface area contributed by atoms with Crippen LogP contribution in [-0.4, -0.2) is 11.3 Å². The lowest BCUT2D eigenvalue weighted by Gasteiger charge is -2.36. The number of carbonyl (C=O) groups is 1. The number of ketones is 1. The van der Waals surface area contributed by atoms with Gasteiger partial charge in [0.05, 0.1) is 5.54 Å². The van der Waals surface area contributed by atoms with E-state index in [9.17, 15) is 4.79 Å². The molecule has 2 heteroatoms. The zero-order chi connectivity index (χ0) is 11.1. The van der Waals surface area contributed by atoms with E-state index in [0.29, 0.717) is 12.2 Å². The quantitative estimate of drug-likeness (QED) is 0.627. The summed E-state index contributed by atoms with van der Waals surface area (Å²) in [6.45, 7) is 2.22. The number of hydrogen-bond donors (Lipinski definition) is 1. The highest BCUT2D eigenvalue weighted by molar-refractivity contribution is 5.89. The van der Waals surface area contributed by atoms with E-state index in [1.54, 1.807) is 0 Å². The summed E-state index contributed by atoms with van der Waals surface area (Å²) in [5.74, 6) is 0.309. The van der Waals surface area contributed by atoms with Gasteiger partial charge in [-0.1, -0.05) is 39.0 Å². The molecule has 1 fully saturated rings. The molecule has 0 saturated heterocycles. The standard InChI is InChI=1S/C13H25NO/c1-2-3-4-5-6-7-9-12(15)13(14)10-8-11-13/h2-11,14H2,1H3. The molecule has 1 rings (SSSR count). The van der Waals surface area contributed by atoms with Crippen LogP contribution in [0.5, 0.6) is 0 Å². The van der Waals surface area contributed by atoms with Crippen LogP contribution in [0.25, 0.3) is 0 Å². The first-order valence-corrected chi connectivity index (χ1v) is 6.51. The molecule has 0 atom stereocenters. The average molecular weight is 211 g/mol. The van der Waals surface area contributed by atoms with Crippen molar-refractivity contribution in [3.05, 3.63) is 0 Å². The lowest BCUT2D eigenvalue weighted by Crippen LogP contribution is -2.53. The maximum absolute atomic E-state index is 11.7. The van der Waals surface area contributed by atoms with E-state index in [0.717, 1.165) is 25.7 Å². The molecule has 2 nitrogen and oxygen atoms in total. The van der Waals surface area contributed by atoms with Gasteiger partial charge in [-0.15, -0.1) is 0 Å². The first-order valence-electron chi connectivity index (χ1n) is 6.51. The molecule has 0 bridgehead atoms. The van der Waals surface area contributed by atoms with Crippen molar-refractivity contribution in [2.75, 3.05) is 0 Å². The Kier molecular flexibility index (Phi) is 5.30. The molecule has 0 aromatic heterocycles. The first-order chi connectivity index (χ1) is 7.19. The van der Waals surface area contributed by atoms with Gasteiger partial charge in [-0.25, -0.2) is 0 Å². The fourth-order valence-electron chi connectivity index (χ4n) is 2.15. The van der Waals surface area contributed by atoms with Crippen molar-refractivity contribution in [3.63, 3.8) is 0 Å². The molecule has 0 spiro atoms. The predicted molar refractivity (Wildman–Crippen MR) is 63.8 cm³/mol. The van der Waals surface area contributed by atoms with Gasteiger partial charge in [0.25, 0.3) is 0 Å². The Hall–Kier alpha value is -0.370. The maximum atomic E-state index is 11.7.